The molecule has 5 nitrogen and oxygen atoms in total. The van der Waals surface area contributed by atoms with E-state index in [0.29, 0.717) is 6.42 Å². The monoisotopic (exact) mass is 294 g/mol. The first-order valence-corrected chi connectivity index (χ1v) is 8.74. The van der Waals surface area contributed by atoms with Crippen LogP contribution in [0.25, 0.3) is 0 Å². The summed E-state index contributed by atoms with van der Waals surface area (Å²) in [6, 6.07) is 5.82. The first-order chi connectivity index (χ1) is 9.53. The van der Waals surface area contributed by atoms with E-state index < -0.39 is 15.8 Å². The van der Waals surface area contributed by atoms with Crippen LogP contribution in [-0.2, 0) is 21.1 Å². The average molecular weight is 294 g/mol. The number of carbonyl (C=O) groups is 1. The van der Waals surface area contributed by atoms with Gasteiger partial charge in [-0.05, 0) is 37.0 Å². The van der Waals surface area contributed by atoms with Crippen LogP contribution in [0.2, 0.25) is 0 Å². The van der Waals surface area contributed by atoms with Gasteiger partial charge >= 0.3 is 0 Å². The summed E-state index contributed by atoms with van der Waals surface area (Å²) in [6.07, 6.45) is 2.60. The van der Waals surface area contributed by atoms with Gasteiger partial charge in [0.25, 0.3) is 0 Å². The Morgan fingerprint density at radius 1 is 1.35 bits per heavy atom. The van der Waals surface area contributed by atoms with E-state index in [-0.39, 0.29) is 17.4 Å². The Labute approximate surface area is 118 Å². The summed E-state index contributed by atoms with van der Waals surface area (Å²) in [4.78, 5) is 12.1. The Balaban J connectivity index is 1.70. The number of aryl methyl sites for hydroxylation is 1. The molecular weight excluding hydrogens is 276 g/mol. The van der Waals surface area contributed by atoms with Gasteiger partial charge in [0.15, 0.2) is 9.84 Å². The number of amides is 1. The molecule has 0 saturated carbocycles. The maximum absolute atomic E-state index is 12.1. The van der Waals surface area contributed by atoms with Crippen molar-refractivity contribution in [3.05, 3.63) is 23.8 Å². The highest BCUT2D eigenvalue weighted by atomic mass is 32.2. The van der Waals surface area contributed by atoms with Crippen molar-refractivity contribution in [1.29, 1.82) is 0 Å². The Kier molecular flexibility index (Phi) is 3.41. The summed E-state index contributed by atoms with van der Waals surface area (Å²) < 4.78 is 22.8. The van der Waals surface area contributed by atoms with Crippen molar-refractivity contribution in [2.75, 3.05) is 28.7 Å². The summed E-state index contributed by atoms with van der Waals surface area (Å²) in [5.74, 6) is -0.510. The van der Waals surface area contributed by atoms with E-state index in [0.717, 1.165) is 30.8 Å². The normalized spacial score (nSPS) is 23.7. The molecule has 0 spiro atoms. The van der Waals surface area contributed by atoms with Crippen molar-refractivity contribution < 1.29 is 13.2 Å². The van der Waals surface area contributed by atoms with Crippen LogP contribution in [0.15, 0.2) is 18.2 Å². The molecule has 1 aromatic carbocycles. The lowest BCUT2D eigenvalue weighted by Gasteiger charge is -2.19. The predicted molar refractivity (Wildman–Crippen MR) is 78.6 cm³/mol. The van der Waals surface area contributed by atoms with Gasteiger partial charge in [-0.15, -0.1) is 0 Å². The van der Waals surface area contributed by atoms with Gasteiger partial charge in [0.05, 0.1) is 17.4 Å². The van der Waals surface area contributed by atoms with Crippen LogP contribution >= 0.6 is 0 Å². The van der Waals surface area contributed by atoms with Gasteiger partial charge in [-0.25, -0.2) is 8.42 Å². The molecule has 1 fully saturated rings. The standard InChI is InChI=1S/C14H18N2O3S/c17-14(11-5-7-20(18,19)9-11)16-12-4-3-10-2-1-6-15-13(10)8-12/h3-4,8,11,15H,1-2,5-7,9H2,(H,16,17). The van der Waals surface area contributed by atoms with Crippen LogP contribution < -0.4 is 10.6 Å². The van der Waals surface area contributed by atoms with Gasteiger partial charge in [-0.2, -0.15) is 0 Å². The number of fused-ring (bicyclic) bond motifs is 1. The zero-order chi connectivity index (χ0) is 14.2. The lowest BCUT2D eigenvalue weighted by molar-refractivity contribution is -0.119. The molecule has 1 unspecified atom stereocenters. The van der Waals surface area contributed by atoms with E-state index in [1.807, 2.05) is 18.2 Å². The second-order valence-electron chi connectivity index (χ2n) is 5.49. The maximum atomic E-state index is 12.1. The Morgan fingerprint density at radius 3 is 2.95 bits per heavy atom. The second-order valence-corrected chi connectivity index (χ2v) is 7.72. The number of carbonyl (C=O) groups excluding carboxylic acids is 1. The highest BCUT2D eigenvalue weighted by Crippen LogP contribution is 2.26. The van der Waals surface area contributed by atoms with Gasteiger partial charge in [-0.1, -0.05) is 6.07 Å². The third kappa shape index (κ3) is 2.80. The maximum Gasteiger partial charge on any atom is 0.228 e. The SMILES string of the molecule is O=C(Nc1ccc2c(c1)NCCC2)C1CCS(=O)(=O)C1. The van der Waals surface area contributed by atoms with Gasteiger partial charge in [0.2, 0.25) is 5.91 Å². The van der Waals surface area contributed by atoms with Crippen LogP contribution in [-0.4, -0.2) is 32.4 Å². The van der Waals surface area contributed by atoms with E-state index in [4.69, 9.17) is 0 Å². The summed E-state index contributed by atoms with van der Waals surface area (Å²) in [5.41, 5.74) is 3.05. The van der Waals surface area contributed by atoms with Crippen molar-refractivity contribution in [1.82, 2.24) is 0 Å². The summed E-state index contributed by atoms with van der Waals surface area (Å²) in [5, 5.41) is 6.14. The molecule has 0 bridgehead atoms. The molecule has 2 aliphatic rings. The van der Waals surface area contributed by atoms with Gasteiger partial charge < -0.3 is 10.6 Å². The van der Waals surface area contributed by atoms with Crippen LogP contribution in [0.4, 0.5) is 11.4 Å². The number of sulfone groups is 1. The fraction of sp³-hybridized carbons (Fsp3) is 0.500. The Hall–Kier alpha value is -1.56. The van der Waals surface area contributed by atoms with E-state index in [1.165, 1.54) is 5.56 Å². The van der Waals surface area contributed by atoms with Gasteiger partial charge in [-0.3, -0.25) is 4.79 Å². The number of nitrogens with one attached hydrogen (secondary N) is 2. The van der Waals surface area contributed by atoms with E-state index >= 15 is 0 Å². The summed E-state index contributed by atoms with van der Waals surface area (Å²) >= 11 is 0. The Bertz CT molecular complexity index is 640. The molecule has 0 aliphatic carbocycles. The summed E-state index contributed by atoms with van der Waals surface area (Å²) in [6.45, 7) is 0.950. The first kappa shape index (κ1) is 13.4. The van der Waals surface area contributed by atoms with E-state index in [9.17, 15) is 13.2 Å². The summed E-state index contributed by atoms with van der Waals surface area (Å²) in [7, 11) is -3.02. The number of hydrogen-bond acceptors (Lipinski definition) is 4. The predicted octanol–water partition coefficient (Wildman–Crippen LogP) is 1.42. The number of anilines is 2. The molecule has 20 heavy (non-hydrogen) atoms. The molecule has 0 aromatic heterocycles. The molecule has 2 N–H and O–H groups in total. The van der Waals surface area contributed by atoms with E-state index in [2.05, 4.69) is 10.6 Å². The third-order valence-corrected chi connectivity index (χ3v) is 5.69. The molecule has 1 aromatic rings. The van der Waals surface area contributed by atoms with Gasteiger partial charge in [0, 0.05) is 17.9 Å². The smallest absolute Gasteiger partial charge is 0.228 e. The van der Waals surface area contributed by atoms with E-state index in [1.54, 1.807) is 0 Å². The quantitative estimate of drug-likeness (QED) is 0.865. The fourth-order valence-corrected chi connectivity index (χ4v) is 4.53. The molecule has 3 rings (SSSR count). The highest BCUT2D eigenvalue weighted by molar-refractivity contribution is 7.91. The molecule has 1 atom stereocenters. The zero-order valence-corrected chi connectivity index (χ0v) is 12.0. The molecule has 2 heterocycles. The second kappa shape index (κ2) is 5.09. The minimum atomic E-state index is -3.02. The molecule has 0 radical (unpaired) electrons. The highest BCUT2D eigenvalue weighted by Gasteiger charge is 2.32. The molecule has 1 amide bonds. The lowest BCUT2D eigenvalue weighted by Crippen LogP contribution is -2.24. The van der Waals surface area contributed by atoms with Crippen LogP contribution in [0.1, 0.15) is 18.4 Å². The average Bonchev–Trinajstić information content (AvgIpc) is 2.79. The van der Waals surface area contributed by atoms with Crippen molar-refractivity contribution in [2.24, 2.45) is 5.92 Å². The van der Waals surface area contributed by atoms with Crippen molar-refractivity contribution >= 4 is 27.1 Å². The third-order valence-electron chi connectivity index (χ3n) is 3.92. The van der Waals surface area contributed by atoms with Crippen molar-refractivity contribution in [2.45, 2.75) is 19.3 Å². The fourth-order valence-electron chi connectivity index (χ4n) is 2.78. The molecule has 6 heteroatoms. The number of rotatable bonds is 2. The molecule has 2 aliphatic heterocycles. The van der Waals surface area contributed by atoms with Crippen molar-refractivity contribution in [3.63, 3.8) is 0 Å². The molecular formula is C14H18N2O3S. The Morgan fingerprint density at radius 2 is 2.20 bits per heavy atom. The number of benzene rings is 1. The topological polar surface area (TPSA) is 75.3 Å². The van der Waals surface area contributed by atoms with Crippen molar-refractivity contribution in [3.8, 4) is 0 Å². The minimum absolute atomic E-state index is 0.0258. The largest absolute Gasteiger partial charge is 0.385 e. The van der Waals surface area contributed by atoms with Crippen LogP contribution in [0.5, 0.6) is 0 Å². The van der Waals surface area contributed by atoms with Gasteiger partial charge in [0.1, 0.15) is 0 Å². The van der Waals surface area contributed by atoms with Crippen LogP contribution in [0, 0.1) is 5.92 Å². The molecule has 1 saturated heterocycles. The zero-order valence-electron chi connectivity index (χ0n) is 11.2. The van der Waals surface area contributed by atoms with Crippen LogP contribution in [0.3, 0.4) is 0 Å². The lowest BCUT2D eigenvalue weighted by atomic mass is 10.0. The minimum Gasteiger partial charge on any atom is -0.385 e. The first-order valence-electron chi connectivity index (χ1n) is 6.92. The molecule has 108 valence electrons. The number of hydrogen-bond donors (Lipinski definition) is 2.